The molecule has 0 bridgehead atoms. The van der Waals surface area contributed by atoms with E-state index in [1.807, 2.05) is 37.3 Å². The fourth-order valence-corrected chi connectivity index (χ4v) is 2.81. The van der Waals surface area contributed by atoms with Crippen molar-refractivity contribution in [2.45, 2.75) is 19.1 Å². The number of hydrogen-bond donors (Lipinski definition) is 1. The number of halogens is 1. The van der Waals surface area contributed by atoms with Crippen LogP contribution >= 0.6 is 11.6 Å². The molecule has 120 valence electrons. The number of benzene rings is 1. The number of nitrogens with one attached hydrogen (secondary N) is 1. The van der Waals surface area contributed by atoms with Crippen molar-refractivity contribution < 1.29 is 9.53 Å². The van der Waals surface area contributed by atoms with Crippen molar-refractivity contribution in [1.29, 1.82) is 0 Å². The van der Waals surface area contributed by atoms with Gasteiger partial charge in [-0.05, 0) is 24.6 Å². The van der Waals surface area contributed by atoms with Crippen LogP contribution in [0.2, 0.25) is 5.15 Å². The van der Waals surface area contributed by atoms with Gasteiger partial charge in [-0.2, -0.15) is 0 Å². The lowest BCUT2D eigenvalue weighted by atomic mass is 10.1. The Balaban J connectivity index is 1.72. The van der Waals surface area contributed by atoms with Crippen molar-refractivity contribution in [1.82, 2.24) is 9.88 Å². The van der Waals surface area contributed by atoms with Gasteiger partial charge in [0.15, 0.2) is 5.15 Å². The van der Waals surface area contributed by atoms with Crippen LogP contribution in [0, 0.1) is 0 Å². The zero-order valence-corrected chi connectivity index (χ0v) is 13.5. The van der Waals surface area contributed by atoms with Crippen molar-refractivity contribution in [2.75, 3.05) is 18.4 Å². The van der Waals surface area contributed by atoms with Gasteiger partial charge in [-0.3, -0.25) is 0 Å². The second-order valence-corrected chi connectivity index (χ2v) is 5.88. The van der Waals surface area contributed by atoms with E-state index in [9.17, 15) is 4.79 Å². The first-order chi connectivity index (χ1) is 11.1. The van der Waals surface area contributed by atoms with E-state index in [4.69, 9.17) is 16.3 Å². The summed E-state index contributed by atoms with van der Waals surface area (Å²) in [5, 5.41) is 3.09. The number of morpholine rings is 1. The zero-order valence-electron chi connectivity index (χ0n) is 12.8. The lowest BCUT2D eigenvalue weighted by molar-refractivity contribution is -0.0642. The summed E-state index contributed by atoms with van der Waals surface area (Å²) in [6, 6.07) is 13.2. The summed E-state index contributed by atoms with van der Waals surface area (Å²) in [4.78, 5) is 18.2. The van der Waals surface area contributed by atoms with Crippen molar-refractivity contribution in [3.05, 3.63) is 59.4 Å². The highest BCUT2D eigenvalue weighted by Gasteiger charge is 2.29. The third-order valence-corrected chi connectivity index (χ3v) is 4.02. The molecular formula is C17H18ClN3O2. The fourth-order valence-electron chi connectivity index (χ4n) is 2.64. The number of nitrogens with zero attached hydrogens (tertiary/aromatic N) is 2. The minimum atomic E-state index is -0.198. The Labute approximate surface area is 140 Å². The molecule has 1 fully saturated rings. The maximum atomic E-state index is 12.5. The number of rotatable bonds is 2. The van der Waals surface area contributed by atoms with E-state index >= 15 is 0 Å². The molecule has 1 saturated heterocycles. The lowest BCUT2D eigenvalue weighted by Gasteiger charge is -2.37. The minimum absolute atomic E-state index is 0.0379. The van der Waals surface area contributed by atoms with E-state index in [0.717, 1.165) is 5.56 Å². The van der Waals surface area contributed by atoms with Crippen LogP contribution in [0.15, 0.2) is 48.7 Å². The molecule has 2 unspecified atom stereocenters. The van der Waals surface area contributed by atoms with Gasteiger partial charge < -0.3 is 15.0 Å². The molecule has 5 nitrogen and oxygen atoms in total. The summed E-state index contributed by atoms with van der Waals surface area (Å²) in [6.07, 6.45) is 1.42. The van der Waals surface area contributed by atoms with E-state index in [-0.39, 0.29) is 23.4 Å². The summed E-state index contributed by atoms with van der Waals surface area (Å²) < 4.78 is 5.97. The normalized spacial score (nSPS) is 21.0. The lowest BCUT2D eigenvalue weighted by Crippen LogP contribution is -2.47. The van der Waals surface area contributed by atoms with E-state index in [1.54, 1.807) is 23.2 Å². The first kappa shape index (κ1) is 15.8. The van der Waals surface area contributed by atoms with E-state index in [0.29, 0.717) is 18.8 Å². The number of aromatic nitrogens is 1. The quantitative estimate of drug-likeness (QED) is 0.853. The Morgan fingerprint density at radius 1 is 1.26 bits per heavy atom. The van der Waals surface area contributed by atoms with E-state index < -0.39 is 0 Å². The Bertz CT molecular complexity index is 681. The molecule has 1 aromatic carbocycles. The third kappa shape index (κ3) is 3.81. The SMILES string of the molecule is CC1CN(C(=O)Nc2cccnc2Cl)CC(c2ccccc2)O1. The number of hydrogen-bond acceptors (Lipinski definition) is 3. The molecule has 0 radical (unpaired) electrons. The number of carbonyl (C=O) groups is 1. The van der Waals surface area contributed by atoms with Crippen LogP contribution in [0.5, 0.6) is 0 Å². The molecule has 23 heavy (non-hydrogen) atoms. The molecule has 0 saturated carbocycles. The van der Waals surface area contributed by atoms with Gasteiger partial charge in [-0.1, -0.05) is 41.9 Å². The highest BCUT2D eigenvalue weighted by atomic mass is 35.5. The molecule has 1 aliphatic rings. The number of anilines is 1. The Morgan fingerprint density at radius 2 is 2.04 bits per heavy atom. The largest absolute Gasteiger partial charge is 0.367 e. The molecule has 3 rings (SSSR count). The molecular weight excluding hydrogens is 314 g/mol. The fraction of sp³-hybridized carbons (Fsp3) is 0.294. The smallest absolute Gasteiger partial charge is 0.322 e. The predicted octanol–water partition coefficient (Wildman–Crippen LogP) is 3.73. The molecule has 2 amide bonds. The Morgan fingerprint density at radius 3 is 2.78 bits per heavy atom. The van der Waals surface area contributed by atoms with Gasteiger partial charge in [0.2, 0.25) is 0 Å². The first-order valence-electron chi connectivity index (χ1n) is 7.50. The number of urea groups is 1. The van der Waals surface area contributed by atoms with Crippen LogP contribution in [0.25, 0.3) is 0 Å². The van der Waals surface area contributed by atoms with Gasteiger partial charge >= 0.3 is 6.03 Å². The van der Waals surface area contributed by atoms with E-state index in [2.05, 4.69) is 10.3 Å². The number of amides is 2. The molecule has 1 aliphatic heterocycles. The van der Waals surface area contributed by atoms with Gasteiger partial charge in [0.05, 0.1) is 18.3 Å². The van der Waals surface area contributed by atoms with Crippen molar-refractivity contribution in [2.24, 2.45) is 0 Å². The Kier molecular flexibility index (Phi) is 4.79. The molecule has 2 aromatic rings. The van der Waals surface area contributed by atoms with Crippen molar-refractivity contribution >= 4 is 23.3 Å². The first-order valence-corrected chi connectivity index (χ1v) is 7.88. The maximum Gasteiger partial charge on any atom is 0.322 e. The average molecular weight is 332 g/mol. The molecule has 1 aromatic heterocycles. The Hall–Kier alpha value is -2.11. The van der Waals surface area contributed by atoms with Gasteiger partial charge in [0.1, 0.15) is 6.10 Å². The summed E-state index contributed by atoms with van der Waals surface area (Å²) in [7, 11) is 0. The number of carbonyl (C=O) groups excluding carboxylic acids is 1. The molecule has 1 N–H and O–H groups in total. The van der Waals surface area contributed by atoms with Crippen LogP contribution in [0.3, 0.4) is 0 Å². The van der Waals surface area contributed by atoms with Crippen LogP contribution in [0.4, 0.5) is 10.5 Å². The summed E-state index contributed by atoms with van der Waals surface area (Å²) in [5.41, 5.74) is 1.57. The van der Waals surface area contributed by atoms with Crippen molar-refractivity contribution in [3.63, 3.8) is 0 Å². The second-order valence-electron chi connectivity index (χ2n) is 5.52. The summed E-state index contributed by atoms with van der Waals surface area (Å²) in [5.74, 6) is 0. The highest BCUT2D eigenvalue weighted by Crippen LogP contribution is 2.26. The number of pyridine rings is 1. The van der Waals surface area contributed by atoms with Crippen LogP contribution in [-0.2, 0) is 4.74 Å². The summed E-state index contributed by atoms with van der Waals surface area (Å²) in [6.45, 7) is 3.00. The molecule has 2 atom stereocenters. The molecule has 0 spiro atoms. The molecule has 2 heterocycles. The summed E-state index contributed by atoms with van der Waals surface area (Å²) >= 11 is 5.99. The second kappa shape index (κ2) is 6.98. The minimum Gasteiger partial charge on any atom is -0.367 e. The highest BCUT2D eigenvalue weighted by molar-refractivity contribution is 6.32. The number of ether oxygens (including phenoxy) is 1. The van der Waals surface area contributed by atoms with Crippen molar-refractivity contribution in [3.8, 4) is 0 Å². The monoisotopic (exact) mass is 331 g/mol. The van der Waals surface area contributed by atoms with Crippen LogP contribution < -0.4 is 5.32 Å². The predicted molar refractivity (Wildman–Crippen MR) is 89.6 cm³/mol. The zero-order chi connectivity index (χ0) is 16.2. The van der Waals surface area contributed by atoms with Gasteiger partial charge in [-0.25, -0.2) is 9.78 Å². The topological polar surface area (TPSA) is 54.5 Å². The van der Waals surface area contributed by atoms with Gasteiger partial charge in [-0.15, -0.1) is 0 Å². The standard InChI is InChI=1S/C17H18ClN3O2/c1-12-10-21(11-15(23-12)13-6-3-2-4-7-13)17(22)20-14-8-5-9-19-16(14)18/h2-9,12,15H,10-11H2,1H3,(H,20,22). The molecule has 0 aliphatic carbocycles. The van der Waals surface area contributed by atoms with Gasteiger partial charge in [0, 0.05) is 12.7 Å². The van der Waals surface area contributed by atoms with Crippen LogP contribution in [0.1, 0.15) is 18.6 Å². The van der Waals surface area contributed by atoms with Crippen LogP contribution in [-0.4, -0.2) is 35.1 Å². The maximum absolute atomic E-state index is 12.5. The van der Waals surface area contributed by atoms with Gasteiger partial charge in [0.25, 0.3) is 0 Å². The average Bonchev–Trinajstić information content (AvgIpc) is 2.57. The molecule has 6 heteroatoms. The van der Waals surface area contributed by atoms with E-state index in [1.165, 1.54) is 0 Å². The third-order valence-electron chi connectivity index (χ3n) is 3.72.